The van der Waals surface area contributed by atoms with Crippen LogP contribution in [0.1, 0.15) is 33.6 Å². The van der Waals surface area contributed by atoms with E-state index in [4.69, 9.17) is 10.2 Å². The quantitative estimate of drug-likeness (QED) is 0.619. The Hall–Kier alpha value is -1.04. The molecule has 146 valence electrons. The van der Waals surface area contributed by atoms with Crippen molar-refractivity contribution < 1.29 is 4.43 Å². The van der Waals surface area contributed by atoms with Gasteiger partial charge in [-0.3, -0.25) is 4.90 Å². The lowest BCUT2D eigenvalue weighted by Gasteiger charge is -2.49. The molecule has 5 heteroatoms. The Kier molecular flexibility index (Phi) is 5.71. The lowest BCUT2D eigenvalue weighted by Crippen LogP contribution is -2.61. The second kappa shape index (κ2) is 7.53. The fourth-order valence-corrected chi connectivity index (χ4v) is 4.70. The number of rotatable bonds is 5. The molecule has 2 aliphatic rings. The van der Waals surface area contributed by atoms with Crippen LogP contribution in [-0.4, -0.2) is 52.0 Å². The van der Waals surface area contributed by atoms with Crippen molar-refractivity contribution in [1.29, 1.82) is 0 Å². The maximum absolute atomic E-state index is 6.46. The molecule has 2 aliphatic heterocycles. The van der Waals surface area contributed by atoms with Crippen molar-refractivity contribution in [3.63, 3.8) is 0 Å². The van der Waals surface area contributed by atoms with Gasteiger partial charge in [0.2, 0.25) is 0 Å². The zero-order valence-electron chi connectivity index (χ0n) is 17.3. The highest BCUT2D eigenvalue weighted by atomic mass is 28.4. The standard InChI is InChI=1S/C21H37N3OSi/c1-21(2,3)26(4,5)25-16-17-10-12-23(13-11-17)20-14-24(15-20)19-8-6-18(22)7-9-19/h6-9,17,20H,10-16,22H2,1-5H3. The fourth-order valence-electron chi connectivity index (χ4n) is 3.61. The Balaban J connectivity index is 1.39. The van der Waals surface area contributed by atoms with Gasteiger partial charge in [-0.2, -0.15) is 0 Å². The van der Waals surface area contributed by atoms with Crippen molar-refractivity contribution in [3.8, 4) is 0 Å². The molecule has 26 heavy (non-hydrogen) atoms. The predicted octanol–water partition coefficient (Wildman–Crippen LogP) is 4.19. The first-order valence-electron chi connectivity index (χ1n) is 10.1. The third-order valence-electron chi connectivity index (χ3n) is 6.77. The number of likely N-dealkylation sites (tertiary alicyclic amines) is 1. The number of nitrogen functional groups attached to an aromatic ring is 1. The highest BCUT2D eigenvalue weighted by Gasteiger charge is 2.38. The van der Waals surface area contributed by atoms with Crippen molar-refractivity contribution in [3.05, 3.63) is 24.3 Å². The van der Waals surface area contributed by atoms with Gasteiger partial charge in [-0.05, 0) is 74.2 Å². The number of nitrogens with zero attached hydrogens (tertiary/aromatic N) is 2. The van der Waals surface area contributed by atoms with Gasteiger partial charge < -0.3 is 15.1 Å². The molecule has 1 aromatic rings. The first-order valence-corrected chi connectivity index (χ1v) is 13.0. The summed E-state index contributed by atoms with van der Waals surface area (Å²) in [5.41, 5.74) is 7.92. The minimum Gasteiger partial charge on any atom is -0.417 e. The molecule has 0 atom stereocenters. The van der Waals surface area contributed by atoms with Gasteiger partial charge in [0.25, 0.3) is 0 Å². The third-order valence-corrected chi connectivity index (χ3v) is 11.3. The van der Waals surface area contributed by atoms with Crippen LogP contribution in [0.3, 0.4) is 0 Å². The molecule has 2 fully saturated rings. The van der Waals surface area contributed by atoms with E-state index in [1.807, 2.05) is 12.1 Å². The average Bonchev–Trinajstić information content (AvgIpc) is 2.53. The van der Waals surface area contributed by atoms with Crippen LogP contribution in [-0.2, 0) is 4.43 Å². The van der Waals surface area contributed by atoms with E-state index in [9.17, 15) is 0 Å². The molecule has 0 amide bonds. The van der Waals surface area contributed by atoms with Crippen LogP contribution >= 0.6 is 0 Å². The van der Waals surface area contributed by atoms with Crippen LogP contribution in [0.2, 0.25) is 18.1 Å². The van der Waals surface area contributed by atoms with Crippen molar-refractivity contribution in [2.24, 2.45) is 5.92 Å². The maximum Gasteiger partial charge on any atom is 0.191 e. The van der Waals surface area contributed by atoms with E-state index < -0.39 is 8.32 Å². The fraction of sp³-hybridized carbons (Fsp3) is 0.714. The maximum atomic E-state index is 6.46. The Labute approximate surface area is 160 Å². The second-order valence-corrected chi connectivity index (χ2v) is 14.5. The molecule has 0 aromatic heterocycles. The number of anilines is 2. The number of benzene rings is 1. The minimum atomic E-state index is -1.60. The highest BCUT2D eigenvalue weighted by molar-refractivity contribution is 6.74. The van der Waals surface area contributed by atoms with E-state index in [1.165, 1.54) is 31.6 Å². The van der Waals surface area contributed by atoms with Crippen LogP contribution in [0.4, 0.5) is 11.4 Å². The van der Waals surface area contributed by atoms with Gasteiger partial charge >= 0.3 is 0 Å². The Morgan fingerprint density at radius 1 is 1.08 bits per heavy atom. The SMILES string of the molecule is CC(C)(C)[Si](C)(C)OCC1CCN(C2CN(c3ccc(N)cc3)C2)CC1. The number of hydrogen-bond acceptors (Lipinski definition) is 4. The highest BCUT2D eigenvalue weighted by Crippen LogP contribution is 2.37. The zero-order valence-corrected chi connectivity index (χ0v) is 18.3. The van der Waals surface area contributed by atoms with Crippen LogP contribution in [0.5, 0.6) is 0 Å². The Morgan fingerprint density at radius 3 is 2.19 bits per heavy atom. The molecular weight excluding hydrogens is 338 g/mol. The molecule has 3 rings (SSSR count). The topological polar surface area (TPSA) is 41.7 Å². The molecule has 0 saturated carbocycles. The van der Waals surface area contributed by atoms with Crippen LogP contribution in [0, 0.1) is 5.92 Å². The Morgan fingerprint density at radius 2 is 1.65 bits per heavy atom. The summed E-state index contributed by atoms with van der Waals surface area (Å²) in [6.07, 6.45) is 2.57. The summed E-state index contributed by atoms with van der Waals surface area (Å²) in [5, 5.41) is 0.311. The number of piperidine rings is 1. The van der Waals surface area contributed by atoms with Crippen LogP contribution in [0.15, 0.2) is 24.3 Å². The van der Waals surface area contributed by atoms with E-state index in [-0.39, 0.29) is 0 Å². The largest absolute Gasteiger partial charge is 0.417 e. The second-order valence-electron chi connectivity index (χ2n) is 9.70. The normalized spacial score (nSPS) is 21.0. The van der Waals surface area contributed by atoms with Gasteiger partial charge in [0.1, 0.15) is 0 Å². The monoisotopic (exact) mass is 375 g/mol. The van der Waals surface area contributed by atoms with E-state index in [0.29, 0.717) is 5.04 Å². The van der Waals surface area contributed by atoms with E-state index in [2.05, 4.69) is 55.8 Å². The predicted molar refractivity (Wildman–Crippen MR) is 114 cm³/mol. The van der Waals surface area contributed by atoms with Crippen LogP contribution in [0.25, 0.3) is 0 Å². The molecule has 0 aliphatic carbocycles. The Bertz CT molecular complexity index is 582. The van der Waals surface area contributed by atoms with Gasteiger partial charge in [0.05, 0.1) is 0 Å². The summed E-state index contributed by atoms with van der Waals surface area (Å²) >= 11 is 0. The van der Waals surface area contributed by atoms with Crippen molar-refractivity contribution in [2.75, 3.05) is 43.4 Å². The summed E-state index contributed by atoms with van der Waals surface area (Å²) in [6.45, 7) is 17.4. The lowest BCUT2D eigenvalue weighted by molar-refractivity contribution is 0.0902. The van der Waals surface area contributed by atoms with Gasteiger partial charge in [-0.15, -0.1) is 0 Å². The summed E-state index contributed by atoms with van der Waals surface area (Å²) in [4.78, 5) is 5.15. The molecule has 0 radical (unpaired) electrons. The summed E-state index contributed by atoms with van der Waals surface area (Å²) in [7, 11) is -1.60. The van der Waals surface area contributed by atoms with E-state index in [0.717, 1.165) is 37.3 Å². The molecule has 0 bridgehead atoms. The minimum absolute atomic E-state index is 0.311. The number of hydrogen-bond donors (Lipinski definition) is 1. The summed E-state index contributed by atoms with van der Waals surface area (Å²) < 4.78 is 6.46. The van der Waals surface area contributed by atoms with Gasteiger partial charge in [0.15, 0.2) is 8.32 Å². The molecule has 2 N–H and O–H groups in total. The molecular formula is C21H37N3OSi. The van der Waals surface area contributed by atoms with E-state index >= 15 is 0 Å². The summed E-state index contributed by atoms with van der Waals surface area (Å²) in [6, 6.07) is 8.98. The van der Waals surface area contributed by atoms with Gasteiger partial charge in [-0.1, -0.05) is 20.8 Å². The first kappa shape index (κ1) is 19.7. The average molecular weight is 376 g/mol. The first-order chi connectivity index (χ1) is 12.2. The molecule has 4 nitrogen and oxygen atoms in total. The summed E-state index contributed by atoms with van der Waals surface area (Å²) in [5.74, 6) is 0.744. The number of nitrogens with two attached hydrogens (primary N) is 1. The van der Waals surface area contributed by atoms with Crippen molar-refractivity contribution in [1.82, 2.24) is 4.90 Å². The van der Waals surface area contributed by atoms with Crippen molar-refractivity contribution >= 4 is 19.7 Å². The lowest BCUT2D eigenvalue weighted by atomic mass is 9.95. The molecule has 2 heterocycles. The molecule has 1 aromatic carbocycles. The van der Waals surface area contributed by atoms with E-state index in [1.54, 1.807) is 0 Å². The zero-order chi connectivity index (χ0) is 18.9. The van der Waals surface area contributed by atoms with Crippen molar-refractivity contribution in [2.45, 2.75) is 57.8 Å². The van der Waals surface area contributed by atoms with Gasteiger partial charge in [-0.25, -0.2) is 0 Å². The smallest absolute Gasteiger partial charge is 0.191 e. The molecule has 2 saturated heterocycles. The molecule has 0 unspecified atom stereocenters. The van der Waals surface area contributed by atoms with Crippen LogP contribution < -0.4 is 10.6 Å². The molecule has 0 spiro atoms. The third kappa shape index (κ3) is 4.43. The van der Waals surface area contributed by atoms with Gasteiger partial charge in [0, 0.05) is 37.1 Å².